The Morgan fingerprint density at radius 3 is 2.65 bits per heavy atom. The third kappa shape index (κ3) is 3.38. The van der Waals surface area contributed by atoms with Crippen LogP contribution in [0.2, 0.25) is 0 Å². The van der Waals surface area contributed by atoms with Crippen LogP contribution in [0.25, 0.3) is 0 Å². The minimum atomic E-state index is 0.404. The van der Waals surface area contributed by atoms with E-state index in [-0.39, 0.29) is 0 Å². The molecule has 108 valence electrons. The lowest BCUT2D eigenvalue weighted by molar-refractivity contribution is 0.302. The second kappa shape index (κ2) is 6.86. The molecule has 1 aromatic heterocycles. The standard InChI is InChI=1S/C16H22N2OS/c1-4-12-7-5-6-8-13(12)19-10-15-18-16(11(2)3)14(9-17)20-15/h5-8,11H,4,9-10,17H2,1-3H3. The second-order valence-corrected chi connectivity index (χ2v) is 6.19. The van der Waals surface area contributed by atoms with Crippen molar-refractivity contribution in [3.05, 3.63) is 45.4 Å². The quantitative estimate of drug-likeness (QED) is 0.878. The molecule has 2 aromatic rings. The fourth-order valence-electron chi connectivity index (χ4n) is 2.15. The van der Waals surface area contributed by atoms with Crippen LogP contribution in [0, 0.1) is 0 Å². The Kier molecular flexibility index (Phi) is 5.15. The van der Waals surface area contributed by atoms with Crippen molar-refractivity contribution in [2.75, 3.05) is 0 Å². The Morgan fingerprint density at radius 1 is 1.30 bits per heavy atom. The van der Waals surface area contributed by atoms with Crippen LogP contribution >= 0.6 is 11.3 Å². The van der Waals surface area contributed by atoms with Gasteiger partial charge in [0, 0.05) is 11.4 Å². The van der Waals surface area contributed by atoms with Gasteiger partial charge in [0.2, 0.25) is 0 Å². The van der Waals surface area contributed by atoms with Gasteiger partial charge < -0.3 is 10.5 Å². The Balaban J connectivity index is 2.11. The van der Waals surface area contributed by atoms with Gasteiger partial charge in [0.1, 0.15) is 17.4 Å². The summed E-state index contributed by atoms with van der Waals surface area (Å²) in [5.74, 6) is 1.35. The molecule has 0 saturated heterocycles. The van der Waals surface area contributed by atoms with Crippen LogP contribution in [0.5, 0.6) is 5.75 Å². The minimum Gasteiger partial charge on any atom is -0.486 e. The molecular weight excluding hydrogens is 268 g/mol. The van der Waals surface area contributed by atoms with Crippen LogP contribution in [0.3, 0.4) is 0 Å². The smallest absolute Gasteiger partial charge is 0.140 e. The van der Waals surface area contributed by atoms with Crippen LogP contribution in [0.4, 0.5) is 0 Å². The van der Waals surface area contributed by atoms with Gasteiger partial charge in [-0.2, -0.15) is 0 Å². The number of rotatable bonds is 6. The molecule has 0 atom stereocenters. The van der Waals surface area contributed by atoms with E-state index >= 15 is 0 Å². The Morgan fingerprint density at radius 2 is 2.05 bits per heavy atom. The molecule has 1 heterocycles. The fourth-order valence-corrected chi connectivity index (χ4v) is 3.16. The van der Waals surface area contributed by atoms with E-state index in [9.17, 15) is 0 Å². The predicted molar refractivity (Wildman–Crippen MR) is 84.2 cm³/mol. The van der Waals surface area contributed by atoms with Gasteiger partial charge in [-0.15, -0.1) is 11.3 Å². The number of hydrogen-bond donors (Lipinski definition) is 1. The molecule has 4 heteroatoms. The molecule has 0 aliphatic rings. The highest BCUT2D eigenvalue weighted by atomic mass is 32.1. The molecule has 3 nitrogen and oxygen atoms in total. The first kappa shape index (κ1) is 15.0. The number of para-hydroxylation sites is 1. The second-order valence-electron chi connectivity index (χ2n) is 5.02. The lowest BCUT2D eigenvalue weighted by Crippen LogP contribution is -2.00. The van der Waals surface area contributed by atoms with Crippen LogP contribution in [0.15, 0.2) is 24.3 Å². The van der Waals surface area contributed by atoms with Crippen molar-refractivity contribution in [3.63, 3.8) is 0 Å². The van der Waals surface area contributed by atoms with Gasteiger partial charge in [0.05, 0.1) is 5.69 Å². The predicted octanol–water partition coefficient (Wildman–Crippen LogP) is 3.87. The van der Waals surface area contributed by atoms with Gasteiger partial charge >= 0.3 is 0 Å². The molecule has 0 radical (unpaired) electrons. The van der Waals surface area contributed by atoms with Crippen molar-refractivity contribution in [2.45, 2.75) is 46.3 Å². The maximum Gasteiger partial charge on any atom is 0.140 e. The number of ether oxygens (including phenoxy) is 1. The van der Waals surface area contributed by atoms with E-state index in [2.05, 4.69) is 31.8 Å². The van der Waals surface area contributed by atoms with Gasteiger partial charge in [-0.25, -0.2) is 4.98 Å². The molecule has 0 unspecified atom stereocenters. The van der Waals surface area contributed by atoms with Crippen molar-refractivity contribution >= 4 is 11.3 Å². The normalized spacial score (nSPS) is 11.1. The zero-order valence-corrected chi connectivity index (χ0v) is 13.2. The van der Waals surface area contributed by atoms with Crippen molar-refractivity contribution in [2.24, 2.45) is 5.73 Å². The van der Waals surface area contributed by atoms with E-state index in [1.165, 1.54) is 10.4 Å². The summed E-state index contributed by atoms with van der Waals surface area (Å²) in [5.41, 5.74) is 8.12. The summed E-state index contributed by atoms with van der Waals surface area (Å²) in [4.78, 5) is 5.83. The van der Waals surface area contributed by atoms with E-state index in [4.69, 9.17) is 10.5 Å². The number of nitrogens with zero attached hydrogens (tertiary/aromatic N) is 1. The molecule has 0 aliphatic heterocycles. The average molecular weight is 290 g/mol. The Bertz CT molecular complexity index is 563. The summed E-state index contributed by atoms with van der Waals surface area (Å²) in [6.07, 6.45) is 0.972. The number of hydrogen-bond acceptors (Lipinski definition) is 4. The Labute approximate surface area is 124 Å². The van der Waals surface area contributed by atoms with Crippen LogP contribution < -0.4 is 10.5 Å². The lowest BCUT2D eigenvalue weighted by Gasteiger charge is -2.08. The summed E-state index contributed by atoms with van der Waals surface area (Å²) in [5, 5.41) is 1.00. The lowest BCUT2D eigenvalue weighted by atomic mass is 10.1. The summed E-state index contributed by atoms with van der Waals surface area (Å²) in [7, 11) is 0. The van der Waals surface area contributed by atoms with E-state index in [0.29, 0.717) is 19.1 Å². The zero-order chi connectivity index (χ0) is 14.5. The first-order valence-corrected chi connectivity index (χ1v) is 7.86. The summed E-state index contributed by atoms with van der Waals surface area (Å²) >= 11 is 1.66. The molecule has 1 aromatic carbocycles. The molecule has 2 rings (SSSR count). The minimum absolute atomic E-state index is 0.404. The third-order valence-corrected chi connectivity index (χ3v) is 4.28. The largest absolute Gasteiger partial charge is 0.486 e. The number of aryl methyl sites for hydroxylation is 1. The fraction of sp³-hybridized carbons (Fsp3) is 0.438. The number of benzene rings is 1. The van der Waals surface area contributed by atoms with E-state index in [0.717, 1.165) is 22.9 Å². The highest BCUT2D eigenvalue weighted by Gasteiger charge is 2.13. The average Bonchev–Trinajstić information content (AvgIpc) is 2.89. The van der Waals surface area contributed by atoms with Crippen LogP contribution in [-0.2, 0) is 19.6 Å². The van der Waals surface area contributed by atoms with E-state index in [1.807, 2.05) is 18.2 Å². The van der Waals surface area contributed by atoms with Crippen molar-refractivity contribution in [1.29, 1.82) is 0 Å². The molecule has 0 fully saturated rings. The zero-order valence-electron chi connectivity index (χ0n) is 12.3. The SMILES string of the molecule is CCc1ccccc1OCc1nc(C(C)C)c(CN)s1. The topological polar surface area (TPSA) is 48.1 Å². The van der Waals surface area contributed by atoms with Gasteiger partial charge in [0.25, 0.3) is 0 Å². The van der Waals surface area contributed by atoms with Crippen molar-refractivity contribution in [3.8, 4) is 5.75 Å². The summed E-state index contributed by atoms with van der Waals surface area (Å²) < 4.78 is 5.91. The molecular formula is C16H22N2OS. The van der Waals surface area contributed by atoms with Crippen molar-refractivity contribution in [1.82, 2.24) is 4.98 Å². The highest BCUT2D eigenvalue weighted by Crippen LogP contribution is 2.26. The maximum absolute atomic E-state index is 5.91. The molecule has 0 amide bonds. The first-order valence-electron chi connectivity index (χ1n) is 7.05. The number of nitrogens with two attached hydrogens (primary N) is 1. The van der Waals surface area contributed by atoms with Gasteiger partial charge in [-0.3, -0.25) is 0 Å². The van der Waals surface area contributed by atoms with Gasteiger partial charge in [-0.05, 0) is 24.0 Å². The molecule has 0 spiro atoms. The summed E-state index contributed by atoms with van der Waals surface area (Å²) in [6, 6.07) is 8.15. The monoisotopic (exact) mass is 290 g/mol. The van der Waals surface area contributed by atoms with Gasteiger partial charge in [0.15, 0.2) is 0 Å². The van der Waals surface area contributed by atoms with Gasteiger partial charge in [-0.1, -0.05) is 39.0 Å². The highest BCUT2D eigenvalue weighted by molar-refractivity contribution is 7.11. The molecule has 2 N–H and O–H groups in total. The Hall–Kier alpha value is -1.39. The molecule has 0 saturated carbocycles. The van der Waals surface area contributed by atoms with Crippen LogP contribution in [-0.4, -0.2) is 4.98 Å². The maximum atomic E-state index is 5.91. The molecule has 20 heavy (non-hydrogen) atoms. The first-order chi connectivity index (χ1) is 9.65. The number of aromatic nitrogens is 1. The third-order valence-electron chi connectivity index (χ3n) is 3.21. The molecule has 0 aliphatic carbocycles. The summed E-state index contributed by atoms with van der Waals surface area (Å²) in [6.45, 7) is 7.49. The number of thiazole rings is 1. The molecule has 0 bridgehead atoms. The van der Waals surface area contributed by atoms with E-state index < -0.39 is 0 Å². The van der Waals surface area contributed by atoms with E-state index in [1.54, 1.807) is 11.3 Å². The van der Waals surface area contributed by atoms with Crippen molar-refractivity contribution < 1.29 is 4.74 Å². The van der Waals surface area contributed by atoms with Crippen LogP contribution in [0.1, 0.15) is 47.8 Å².